The average Bonchev–Trinajstić information content (AvgIpc) is 2.74. The Kier molecular flexibility index (Phi) is 3.61. The maximum Gasteiger partial charge on any atom is 0.311 e. The maximum atomic E-state index is 12.4. The van der Waals surface area contributed by atoms with E-state index in [2.05, 4.69) is 0 Å². The van der Waals surface area contributed by atoms with Crippen molar-refractivity contribution in [2.45, 2.75) is 45.1 Å². The van der Waals surface area contributed by atoms with E-state index in [4.69, 9.17) is 5.73 Å². The number of carbonyl (C=O) groups is 2. The van der Waals surface area contributed by atoms with Gasteiger partial charge in [0.25, 0.3) is 0 Å². The van der Waals surface area contributed by atoms with Crippen molar-refractivity contribution in [3.05, 3.63) is 0 Å². The molecule has 1 saturated heterocycles. The van der Waals surface area contributed by atoms with Crippen molar-refractivity contribution in [3.63, 3.8) is 0 Å². The van der Waals surface area contributed by atoms with Gasteiger partial charge in [-0.25, -0.2) is 0 Å². The van der Waals surface area contributed by atoms with Crippen LogP contribution in [0.25, 0.3) is 0 Å². The van der Waals surface area contributed by atoms with E-state index in [1.54, 1.807) is 11.8 Å². The number of carboxylic acid groups (broad SMARTS) is 1. The van der Waals surface area contributed by atoms with Gasteiger partial charge in [-0.05, 0) is 32.6 Å². The molecule has 0 aromatic rings. The van der Waals surface area contributed by atoms with Gasteiger partial charge < -0.3 is 15.7 Å². The van der Waals surface area contributed by atoms with Crippen LogP contribution < -0.4 is 5.73 Å². The molecule has 2 aliphatic rings. The molecule has 1 saturated carbocycles. The van der Waals surface area contributed by atoms with Crippen LogP contribution in [0.5, 0.6) is 0 Å². The summed E-state index contributed by atoms with van der Waals surface area (Å²) < 4.78 is 0. The van der Waals surface area contributed by atoms with Gasteiger partial charge in [0.05, 0.1) is 11.3 Å². The van der Waals surface area contributed by atoms with Crippen molar-refractivity contribution in [2.24, 2.45) is 17.1 Å². The number of piperidine rings is 1. The zero-order valence-electron chi connectivity index (χ0n) is 10.9. The minimum absolute atomic E-state index is 0.0458. The van der Waals surface area contributed by atoms with Crippen molar-refractivity contribution in [1.29, 1.82) is 0 Å². The molecule has 3 unspecified atom stereocenters. The van der Waals surface area contributed by atoms with Crippen LogP contribution in [0.4, 0.5) is 0 Å². The first-order chi connectivity index (χ1) is 8.44. The molecule has 2 rings (SSSR count). The van der Waals surface area contributed by atoms with Gasteiger partial charge in [0.2, 0.25) is 5.91 Å². The Morgan fingerprint density at radius 2 is 2.06 bits per heavy atom. The lowest BCUT2D eigenvalue weighted by atomic mass is 9.81. The summed E-state index contributed by atoms with van der Waals surface area (Å²) in [7, 11) is 0. The van der Waals surface area contributed by atoms with Crippen LogP contribution in [0.1, 0.15) is 39.0 Å². The average molecular weight is 254 g/mol. The van der Waals surface area contributed by atoms with Gasteiger partial charge in [-0.15, -0.1) is 0 Å². The predicted molar refractivity (Wildman–Crippen MR) is 66.9 cm³/mol. The van der Waals surface area contributed by atoms with Crippen molar-refractivity contribution in [2.75, 3.05) is 13.1 Å². The van der Waals surface area contributed by atoms with Crippen LogP contribution in [0, 0.1) is 11.3 Å². The van der Waals surface area contributed by atoms with E-state index in [0.29, 0.717) is 19.5 Å². The number of nitrogens with zero attached hydrogens (tertiary/aromatic N) is 1. The predicted octanol–water partition coefficient (Wildman–Crippen LogP) is 0.827. The lowest BCUT2D eigenvalue weighted by molar-refractivity contribution is -0.154. The zero-order valence-corrected chi connectivity index (χ0v) is 10.9. The lowest BCUT2D eigenvalue weighted by Crippen LogP contribution is -2.51. The van der Waals surface area contributed by atoms with Crippen molar-refractivity contribution >= 4 is 11.9 Å². The van der Waals surface area contributed by atoms with E-state index < -0.39 is 11.4 Å². The number of rotatable bonds is 2. The monoisotopic (exact) mass is 254 g/mol. The molecule has 0 spiro atoms. The van der Waals surface area contributed by atoms with Gasteiger partial charge >= 0.3 is 5.97 Å². The Hall–Kier alpha value is -1.10. The number of hydrogen-bond acceptors (Lipinski definition) is 3. The van der Waals surface area contributed by atoms with Crippen molar-refractivity contribution in [1.82, 2.24) is 4.90 Å². The summed E-state index contributed by atoms with van der Waals surface area (Å²) in [6.45, 7) is 2.72. The highest BCUT2D eigenvalue weighted by Crippen LogP contribution is 2.33. The van der Waals surface area contributed by atoms with Crippen LogP contribution >= 0.6 is 0 Å². The van der Waals surface area contributed by atoms with Crippen LogP contribution in [0.3, 0.4) is 0 Å². The highest BCUT2D eigenvalue weighted by molar-refractivity contribution is 5.82. The molecule has 3 N–H and O–H groups in total. The fraction of sp³-hybridized carbons (Fsp3) is 0.846. The van der Waals surface area contributed by atoms with Gasteiger partial charge in [-0.3, -0.25) is 9.59 Å². The molecular weight excluding hydrogens is 232 g/mol. The minimum atomic E-state index is -0.810. The summed E-state index contributed by atoms with van der Waals surface area (Å²) >= 11 is 0. The van der Waals surface area contributed by atoms with Gasteiger partial charge in [0.1, 0.15) is 0 Å². The first-order valence-electron chi connectivity index (χ1n) is 6.72. The third-order valence-electron chi connectivity index (χ3n) is 4.41. The molecule has 18 heavy (non-hydrogen) atoms. The number of hydrogen-bond donors (Lipinski definition) is 2. The second-order valence-corrected chi connectivity index (χ2v) is 5.93. The fourth-order valence-corrected chi connectivity index (χ4v) is 3.13. The number of likely N-dealkylation sites (tertiary alicyclic amines) is 1. The summed E-state index contributed by atoms with van der Waals surface area (Å²) in [4.78, 5) is 25.4. The highest BCUT2D eigenvalue weighted by atomic mass is 16.4. The summed E-state index contributed by atoms with van der Waals surface area (Å²) in [5, 5.41) is 9.25. The van der Waals surface area contributed by atoms with Crippen LogP contribution in [0.15, 0.2) is 0 Å². The second kappa shape index (κ2) is 4.88. The quantitative estimate of drug-likeness (QED) is 0.764. The Morgan fingerprint density at radius 1 is 1.33 bits per heavy atom. The standard InChI is InChI=1S/C13H22N2O3/c1-13(12(17)18)6-3-7-15(8-13)11(16)9-4-2-5-10(9)14/h9-10H,2-8,14H2,1H3,(H,17,18). The largest absolute Gasteiger partial charge is 0.481 e. The smallest absolute Gasteiger partial charge is 0.311 e. The van der Waals surface area contributed by atoms with E-state index in [9.17, 15) is 14.7 Å². The molecule has 0 radical (unpaired) electrons. The SMILES string of the molecule is CC1(C(=O)O)CCCN(C(=O)C2CCCC2N)C1. The molecule has 102 valence electrons. The molecule has 0 bridgehead atoms. The normalized spacial score (nSPS) is 36.7. The molecule has 5 nitrogen and oxygen atoms in total. The lowest BCUT2D eigenvalue weighted by Gasteiger charge is -2.39. The fourth-order valence-electron chi connectivity index (χ4n) is 3.13. The Bertz CT molecular complexity index is 358. The van der Waals surface area contributed by atoms with Gasteiger partial charge in [-0.1, -0.05) is 6.42 Å². The van der Waals surface area contributed by atoms with E-state index in [1.165, 1.54) is 0 Å². The van der Waals surface area contributed by atoms with E-state index in [1.807, 2.05) is 0 Å². The number of carboxylic acids is 1. The Labute approximate surface area is 107 Å². The van der Waals surface area contributed by atoms with Crippen molar-refractivity contribution in [3.8, 4) is 0 Å². The molecule has 2 fully saturated rings. The summed E-state index contributed by atoms with van der Waals surface area (Å²) in [5.41, 5.74) is 5.16. The minimum Gasteiger partial charge on any atom is -0.481 e. The molecule has 3 atom stereocenters. The first kappa shape index (κ1) is 13.3. The van der Waals surface area contributed by atoms with Gasteiger partial charge in [0.15, 0.2) is 0 Å². The second-order valence-electron chi connectivity index (χ2n) is 5.93. The third kappa shape index (κ3) is 2.36. The first-order valence-corrected chi connectivity index (χ1v) is 6.72. The van der Waals surface area contributed by atoms with E-state index >= 15 is 0 Å². The number of nitrogens with two attached hydrogens (primary N) is 1. The molecule has 1 aliphatic carbocycles. The molecule has 5 heteroatoms. The van der Waals surface area contributed by atoms with Gasteiger partial charge in [0, 0.05) is 19.1 Å². The van der Waals surface area contributed by atoms with Crippen LogP contribution in [-0.4, -0.2) is 41.0 Å². The Morgan fingerprint density at radius 3 is 2.61 bits per heavy atom. The summed E-state index contributed by atoms with van der Waals surface area (Å²) in [6.07, 6.45) is 4.15. The third-order valence-corrected chi connectivity index (χ3v) is 4.41. The summed E-state index contributed by atoms with van der Waals surface area (Å²) in [6, 6.07) is -0.0458. The topological polar surface area (TPSA) is 83.6 Å². The van der Waals surface area contributed by atoms with Crippen LogP contribution in [-0.2, 0) is 9.59 Å². The molecular formula is C13H22N2O3. The van der Waals surface area contributed by atoms with Crippen molar-refractivity contribution < 1.29 is 14.7 Å². The molecule has 1 aliphatic heterocycles. The molecule has 0 aromatic heterocycles. The molecule has 1 heterocycles. The molecule has 1 amide bonds. The number of amides is 1. The highest BCUT2D eigenvalue weighted by Gasteiger charge is 2.42. The molecule has 0 aromatic carbocycles. The van der Waals surface area contributed by atoms with E-state index in [0.717, 1.165) is 25.7 Å². The zero-order chi connectivity index (χ0) is 13.3. The number of carbonyl (C=O) groups excluding carboxylic acids is 1. The summed E-state index contributed by atoms with van der Waals surface area (Å²) in [5.74, 6) is -0.843. The van der Waals surface area contributed by atoms with Crippen LogP contribution in [0.2, 0.25) is 0 Å². The number of aliphatic carboxylic acids is 1. The maximum absolute atomic E-state index is 12.4. The van der Waals surface area contributed by atoms with E-state index in [-0.39, 0.29) is 17.9 Å². The Balaban J connectivity index is 2.05. The van der Waals surface area contributed by atoms with Gasteiger partial charge in [-0.2, -0.15) is 0 Å².